The largest absolute Gasteiger partial charge is 0.486 e. The molecule has 0 bridgehead atoms. The van der Waals surface area contributed by atoms with Gasteiger partial charge in [-0.2, -0.15) is 4.99 Å². The molecule has 0 saturated carbocycles. The van der Waals surface area contributed by atoms with Gasteiger partial charge in [-0.3, -0.25) is 9.36 Å². The summed E-state index contributed by atoms with van der Waals surface area (Å²) in [6.07, 6.45) is 1.74. The van der Waals surface area contributed by atoms with Crippen molar-refractivity contribution in [3.05, 3.63) is 64.4 Å². The summed E-state index contributed by atoms with van der Waals surface area (Å²) in [4.78, 5) is 29.6. The third-order valence-corrected chi connectivity index (χ3v) is 5.79. The van der Waals surface area contributed by atoms with Crippen LogP contribution in [0.4, 0.5) is 0 Å². The van der Waals surface area contributed by atoms with Crippen molar-refractivity contribution in [2.75, 3.05) is 13.2 Å². The molecule has 0 saturated heterocycles. The van der Waals surface area contributed by atoms with Crippen LogP contribution in [0.15, 0.2) is 63.3 Å². The van der Waals surface area contributed by atoms with Crippen LogP contribution < -0.4 is 20.0 Å². The molecule has 0 N–H and O–H groups in total. The van der Waals surface area contributed by atoms with Gasteiger partial charge in [-0.15, -0.1) is 6.58 Å². The number of carbonyl (C=O) groups excluding carboxylic acids is 1. The number of thiazole rings is 1. The zero-order valence-corrected chi connectivity index (χ0v) is 16.7. The number of benzene rings is 2. The Balaban J connectivity index is 1.58. The number of carbonyl (C=O) groups is 1. The standard InChI is InChI=1S/C21H17N3O5S/c1-2-7-23-14-10-16-17(28-9-8-27-16)11-18(14)30-20(23)22-19(25)12-24-13-5-3-4-6-15(13)29-21(24)26/h2-6,10-11H,1,7-9,12H2. The topological polar surface area (TPSA) is 88.0 Å². The van der Waals surface area contributed by atoms with Crippen LogP contribution in [0.3, 0.4) is 0 Å². The van der Waals surface area contributed by atoms with E-state index in [4.69, 9.17) is 13.9 Å². The van der Waals surface area contributed by atoms with Crippen LogP contribution in [0.2, 0.25) is 0 Å². The Bertz CT molecular complexity index is 1420. The molecule has 0 spiro atoms. The van der Waals surface area contributed by atoms with Gasteiger partial charge < -0.3 is 18.5 Å². The molecular formula is C21H17N3O5S. The fraction of sp³-hybridized carbons (Fsp3) is 0.190. The first-order valence-electron chi connectivity index (χ1n) is 9.34. The molecule has 0 aliphatic carbocycles. The summed E-state index contributed by atoms with van der Waals surface area (Å²) >= 11 is 1.37. The van der Waals surface area contributed by atoms with E-state index >= 15 is 0 Å². The lowest BCUT2D eigenvalue weighted by molar-refractivity contribution is -0.118. The zero-order valence-electron chi connectivity index (χ0n) is 15.9. The van der Waals surface area contributed by atoms with Crippen molar-refractivity contribution in [2.45, 2.75) is 13.1 Å². The summed E-state index contributed by atoms with van der Waals surface area (Å²) in [5, 5.41) is 0. The zero-order chi connectivity index (χ0) is 20.7. The number of aromatic nitrogens is 2. The normalized spacial score (nSPS) is 13.8. The van der Waals surface area contributed by atoms with Crippen molar-refractivity contribution in [3.8, 4) is 11.5 Å². The van der Waals surface area contributed by atoms with Crippen molar-refractivity contribution >= 4 is 38.6 Å². The number of nitrogens with zero attached hydrogens (tertiary/aromatic N) is 3. The lowest BCUT2D eigenvalue weighted by Gasteiger charge is -2.18. The minimum absolute atomic E-state index is 0.207. The monoisotopic (exact) mass is 423 g/mol. The van der Waals surface area contributed by atoms with Gasteiger partial charge in [0.05, 0.1) is 15.7 Å². The quantitative estimate of drug-likeness (QED) is 0.471. The van der Waals surface area contributed by atoms with E-state index in [9.17, 15) is 9.59 Å². The number of hydrogen-bond donors (Lipinski definition) is 0. The van der Waals surface area contributed by atoms with E-state index in [0.29, 0.717) is 47.2 Å². The molecule has 1 aliphatic heterocycles. The van der Waals surface area contributed by atoms with Crippen molar-refractivity contribution in [1.29, 1.82) is 0 Å². The molecule has 0 atom stereocenters. The van der Waals surface area contributed by atoms with Crippen LogP contribution in [-0.4, -0.2) is 28.3 Å². The summed E-state index contributed by atoms with van der Waals surface area (Å²) in [6.45, 7) is 5.06. The predicted octanol–water partition coefficient (Wildman–Crippen LogP) is 2.70. The van der Waals surface area contributed by atoms with Crippen molar-refractivity contribution in [1.82, 2.24) is 9.13 Å². The average molecular weight is 423 g/mol. The summed E-state index contributed by atoms with van der Waals surface area (Å²) in [6, 6.07) is 10.8. The first-order valence-corrected chi connectivity index (χ1v) is 10.2. The Morgan fingerprint density at radius 3 is 2.70 bits per heavy atom. The highest BCUT2D eigenvalue weighted by Crippen LogP contribution is 2.35. The van der Waals surface area contributed by atoms with Crippen LogP contribution in [0.25, 0.3) is 21.3 Å². The van der Waals surface area contributed by atoms with Crippen molar-refractivity contribution < 1.29 is 18.7 Å². The number of para-hydroxylation sites is 2. The molecule has 30 heavy (non-hydrogen) atoms. The van der Waals surface area contributed by atoms with Gasteiger partial charge in [0, 0.05) is 18.7 Å². The van der Waals surface area contributed by atoms with Gasteiger partial charge in [0.25, 0.3) is 5.91 Å². The van der Waals surface area contributed by atoms with Crippen LogP contribution in [0.5, 0.6) is 11.5 Å². The van der Waals surface area contributed by atoms with Crippen LogP contribution in [-0.2, 0) is 17.9 Å². The lowest BCUT2D eigenvalue weighted by Crippen LogP contribution is -2.22. The molecule has 152 valence electrons. The summed E-state index contributed by atoms with van der Waals surface area (Å²) in [5.74, 6) is 0.302. The molecular weight excluding hydrogens is 406 g/mol. The average Bonchev–Trinajstić information content (AvgIpc) is 3.23. The van der Waals surface area contributed by atoms with Crippen LogP contribution >= 0.6 is 11.3 Å². The highest BCUT2D eigenvalue weighted by molar-refractivity contribution is 7.16. The molecule has 3 heterocycles. The Morgan fingerprint density at radius 1 is 1.13 bits per heavy atom. The van der Waals surface area contributed by atoms with Crippen molar-refractivity contribution in [3.63, 3.8) is 0 Å². The predicted molar refractivity (Wildman–Crippen MR) is 112 cm³/mol. The molecule has 0 unspecified atom stereocenters. The lowest BCUT2D eigenvalue weighted by atomic mass is 10.2. The fourth-order valence-corrected chi connectivity index (χ4v) is 4.51. The molecule has 2 aromatic carbocycles. The second kappa shape index (κ2) is 7.34. The third-order valence-electron chi connectivity index (χ3n) is 4.75. The Labute approximate surface area is 173 Å². The number of allylic oxidation sites excluding steroid dienone is 1. The number of ether oxygens (including phenoxy) is 2. The van der Waals surface area contributed by atoms with E-state index in [0.717, 1.165) is 10.2 Å². The molecule has 5 rings (SSSR count). The first-order chi connectivity index (χ1) is 14.6. The molecule has 4 aromatic rings. The Morgan fingerprint density at radius 2 is 1.90 bits per heavy atom. The van der Waals surface area contributed by atoms with Gasteiger partial charge in [0.15, 0.2) is 21.9 Å². The highest BCUT2D eigenvalue weighted by atomic mass is 32.1. The fourth-order valence-electron chi connectivity index (χ4n) is 3.44. The Hall–Kier alpha value is -3.59. The summed E-state index contributed by atoms with van der Waals surface area (Å²) < 4.78 is 20.6. The maximum atomic E-state index is 12.7. The minimum atomic E-state index is -0.586. The number of hydrogen-bond acceptors (Lipinski definition) is 6. The molecule has 0 radical (unpaired) electrons. The second-order valence-electron chi connectivity index (χ2n) is 6.67. The molecule has 8 nitrogen and oxygen atoms in total. The van der Waals surface area contributed by atoms with E-state index in [-0.39, 0.29) is 6.54 Å². The smallest absolute Gasteiger partial charge is 0.420 e. The second-order valence-corrected chi connectivity index (χ2v) is 7.68. The number of oxazole rings is 1. The summed E-state index contributed by atoms with van der Waals surface area (Å²) in [7, 11) is 0. The molecule has 2 aromatic heterocycles. The van der Waals surface area contributed by atoms with E-state index in [1.807, 2.05) is 16.7 Å². The van der Waals surface area contributed by atoms with Gasteiger partial charge in [-0.1, -0.05) is 29.5 Å². The van der Waals surface area contributed by atoms with Gasteiger partial charge in [0.2, 0.25) is 0 Å². The maximum Gasteiger partial charge on any atom is 0.420 e. The molecule has 1 amide bonds. The number of fused-ring (bicyclic) bond motifs is 3. The number of amides is 1. The van der Waals surface area contributed by atoms with Gasteiger partial charge >= 0.3 is 5.76 Å². The van der Waals surface area contributed by atoms with Crippen molar-refractivity contribution in [2.24, 2.45) is 4.99 Å². The van der Waals surface area contributed by atoms with Gasteiger partial charge in [0.1, 0.15) is 19.8 Å². The van der Waals surface area contributed by atoms with Gasteiger partial charge in [-0.25, -0.2) is 4.79 Å². The molecule has 9 heteroatoms. The van der Waals surface area contributed by atoms with E-state index in [1.54, 1.807) is 30.3 Å². The summed E-state index contributed by atoms with van der Waals surface area (Å²) in [5.41, 5.74) is 1.87. The SMILES string of the molecule is C=CCn1c(=NC(=O)Cn2c(=O)oc3ccccc32)sc2cc3c(cc21)OCCO3. The van der Waals surface area contributed by atoms with E-state index in [1.165, 1.54) is 15.9 Å². The maximum absolute atomic E-state index is 12.7. The van der Waals surface area contributed by atoms with E-state index in [2.05, 4.69) is 11.6 Å². The van der Waals surface area contributed by atoms with E-state index < -0.39 is 11.7 Å². The number of rotatable bonds is 4. The molecule has 1 aliphatic rings. The highest BCUT2D eigenvalue weighted by Gasteiger charge is 2.17. The van der Waals surface area contributed by atoms with Crippen LogP contribution in [0.1, 0.15) is 0 Å². The Kier molecular flexibility index (Phi) is 4.51. The van der Waals surface area contributed by atoms with Gasteiger partial charge in [-0.05, 0) is 12.1 Å². The molecule has 0 fully saturated rings. The minimum Gasteiger partial charge on any atom is -0.486 e. The third kappa shape index (κ3) is 3.13. The van der Waals surface area contributed by atoms with Crippen LogP contribution in [0, 0.1) is 0 Å². The first kappa shape index (κ1) is 18.4.